The molecular weight excluding hydrogens is 290 g/mol. The summed E-state index contributed by atoms with van der Waals surface area (Å²) in [5.74, 6) is 0.0458. The van der Waals surface area contributed by atoms with Crippen molar-refractivity contribution >= 4 is 17.5 Å². The van der Waals surface area contributed by atoms with Gasteiger partial charge in [-0.05, 0) is 43.5 Å². The van der Waals surface area contributed by atoms with Crippen LogP contribution < -0.4 is 0 Å². The van der Waals surface area contributed by atoms with Crippen LogP contribution in [0.25, 0.3) is 0 Å². The average molecular weight is 310 g/mol. The summed E-state index contributed by atoms with van der Waals surface area (Å²) >= 11 is 5.87. The molecule has 2 saturated heterocycles. The van der Waals surface area contributed by atoms with Crippen molar-refractivity contribution in [2.75, 3.05) is 19.8 Å². The van der Waals surface area contributed by atoms with Gasteiger partial charge in [0.05, 0.1) is 12.7 Å². The molecule has 114 valence electrons. The van der Waals surface area contributed by atoms with E-state index in [9.17, 15) is 9.90 Å². The zero-order valence-corrected chi connectivity index (χ0v) is 12.6. The standard InChI is InChI=1S/C16H20ClNO3/c17-12-5-3-11(4-6-12)16(20)18-8-1-2-14(18)13-10-21-9-7-15(13)19/h3-6,13-15,19H,1-2,7-10H2/t13-,14-,15+/m1/s1. The molecule has 21 heavy (non-hydrogen) atoms. The number of carbonyl (C=O) groups excluding carboxylic acids is 1. The van der Waals surface area contributed by atoms with E-state index in [4.69, 9.17) is 16.3 Å². The Labute approximate surface area is 129 Å². The minimum absolute atomic E-state index is 0.0203. The van der Waals surface area contributed by atoms with Crippen molar-refractivity contribution in [1.82, 2.24) is 4.90 Å². The fourth-order valence-corrected chi connectivity index (χ4v) is 3.49. The molecule has 1 N–H and O–H groups in total. The third-order valence-electron chi connectivity index (χ3n) is 4.51. The number of hydrogen-bond donors (Lipinski definition) is 1. The van der Waals surface area contributed by atoms with E-state index in [1.807, 2.05) is 4.90 Å². The molecule has 0 saturated carbocycles. The first-order chi connectivity index (χ1) is 10.2. The van der Waals surface area contributed by atoms with Crippen molar-refractivity contribution in [2.24, 2.45) is 5.92 Å². The van der Waals surface area contributed by atoms with E-state index < -0.39 is 0 Å². The highest BCUT2D eigenvalue weighted by atomic mass is 35.5. The van der Waals surface area contributed by atoms with Gasteiger partial charge in [0.15, 0.2) is 0 Å². The summed E-state index contributed by atoms with van der Waals surface area (Å²) in [7, 11) is 0. The van der Waals surface area contributed by atoms with Gasteiger partial charge in [-0.3, -0.25) is 4.79 Å². The van der Waals surface area contributed by atoms with E-state index in [0.717, 1.165) is 19.4 Å². The van der Waals surface area contributed by atoms with Crippen LogP contribution in [-0.4, -0.2) is 47.8 Å². The predicted octanol–water partition coefficient (Wildman–Crippen LogP) is 2.34. The SMILES string of the molecule is O=C(c1ccc(Cl)cc1)N1CCC[C@@H]1[C@H]1COCC[C@@H]1O. The molecule has 3 rings (SSSR count). The lowest BCUT2D eigenvalue weighted by molar-refractivity contribution is -0.0589. The Hall–Kier alpha value is -1.10. The lowest BCUT2D eigenvalue weighted by atomic mass is 9.89. The second-order valence-electron chi connectivity index (χ2n) is 5.81. The summed E-state index contributed by atoms with van der Waals surface area (Å²) in [6.07, 6.45) is 2.20. The van der Waals surface area contributed by atoms with Crippen molar-refractivity contribution in [3.8, 4) is 0 Å². The highest BCUT2D eigenvalue weighted by Gasteiger charge is 2.39. The lowest BCUT2D eigenvalue weighted by Gasteiger charge is -2.37. The van der Waals surface area contributed by atoms with E-state index >= 15 is 0 Å². The van der Waals surface area contributed by atoms with E-state index in [2.05, 4.69) is 0 Å². The van der Waals surface area contributed by atoms with Crippen LogP contribution in [0.4, 0.5) is 0 Å². The van der Waals surface area contributed by atoms with Gasteiger partial charge in [0, 0.05) is 35.7 Å². The number of aliphatic hydroxyl groups excluding tert-OH is 1. The van der Waals surface area contributed by atoms with Gasteiger partial charge in [0.1, 0.15) is 0 Å². The average Bonchev–Trinajstić information content (AvgIpc) is 2.97. The molecular formula is C16H20ClNO3. The fourth-order valence-electron chi connectivity index (χ4n) is 3.36. The van der Waals surface area contributed by atoms with Gasteiger partial charge in [0.25, 0.3) is 5.91 Å². The second-order valence-corrected chi connectivity index (χ2v) is 6.25. The Morgan fingerprint density at radius 2 is 2.05 bits per heavy atom. The van der Waals surface area contributed by atoms with Gasteiger partial charge in [-0.1, -0.05) is 11.6 Å². The molecule has 2 fully saturated rings. The van der Waals surface area contributed by atoms with Crippen LogP contribution in [0.15, 0.2) is 24.3 Å². The number of nitrogens with zero attached hydrogens (tertiary/aromatic N) is 1. The summed E-state index contributed by atoms with van der Waals surface area (Å²) < 4.78 is 5.50. The van der Waals surface area contributed by atoms with E-state index in [1.165, 1.54) is 0 Å². The van der Waals surface area contributed by atoms with Gasteiger partial charge in [-0.2, -0.15) is 0 Å². The Morgan fingerprint density at radius 1 is 1.29 bits per heavy atom. The summed E-state index contributed by atoms with van der Waals surface area (Å²) in [4.78, 5) is 14.6. The van der Waals surface area contributed by atoms with Crippen LogP contribution in [-0.2, 0) is 4.74 Å². The molecule has 2 aliphatic heterocycles. The highest BCUT2D eigenvalue weighted by Crippen LogP contribution is 2.31. The molecule has 1 amide bonds. The van der Waals surface area contributed by atoms with Crippen molar-refractivity contribution in [2.45, 2.75) is 31.4 Å². The molecule has 2 aliphatic rings. The molecule has 2 heterocycles. The first-order valence-electron chi connectivity index (χ1n) is 7.49. The molecule has 4 nitrogen and oxygen atoms in total. The topological polar surface area (TPSA) is 49.8 Å². The number of carbonyl (C=O) groups is 1. The number of likely N-dealkylation sites (tertiary alicyclic amines) is 1. The predicted molar refractivity (Wildman–Crippen MR) is 80.4 cm³/mol. The molecule has 0 radical (unpaired) electrons. The molecule has 3 atom stereocenters. The number of amides is 1. The van der Waals surface area contributed by atoms with Crippen LogP contribution >= 0.6 is 11.6 Å². The summed E-state index contributed by atoms with van der Waals surface area (Å²) in [5.41, 5.74) is 0.650. The molecule has 1 aromatic carbocycles. The number of hydrogen-bond acceptors (Lipinski definition) is 3. The monoisotopic (exact) mass is 309 g/mol. The zero-order chi connectivity index (χ0) is 14.8. The van der Waals surface area contributed by atoms with Crippen molar-refractivity contribution in [3.05, 3.63) is 34.9 Å². The fraction of sp³-hybridized carbons (Fsp3) is 0.562. The molecule has 0 unspecified atom stereocenters. The maximum atomic E-state index is 12.7. The second kappa shape index (κ2) is 6.34. The van der Waals surface area contributed by atoms with Crippen LogP contribution in [0, 0.1) is 5.92 Å². The molecule has 5 heteroatoms. The molecule has 1 aromatic rings. The van der Waals surface area contributed by atoms with Gasteiger partial charge < -0.3 is 14.7 Å². The number of aliphatic hydroxyl groups is 1. The third-order valence-corrected chi connectivity index (χ3v) is 4.76. The lowest BCUT2D eigenvalue weighted by Crippen LogP contribution is -2.48. The van der Waals surface area contributed by atoms with Crippen molar-refractivity contribution in [1.29, 1.82) is 0 Å². The molecule has 0 spiro atoms. The molecule has 0 aliphatic carbocycles. The number of halogens is 1. The van der Waals surface area contributed by atoms with Crippen LogP contribution in [0.5, 0.6) is 0 Å². The van der Waals surface area contributed by atoms with E-state index in [-0.39, 0.29) is 24.0 Å². The Bertz CT molecular complexity index is 505. The normalized spacial score (nSPS) is 29.6. The zero-order valence-electron chi connectivity index (χ0n) is 11.9. The Morgan fingerprint density at radius 3 is 2.76 bits per heavy atom. The quantitative estimate of drug-likeness (QED) is 0.912. The van der Waals surface area contributed by atoms with Crippen molar-refractivity contribution in [3.63, 3.8) is 0 Å². The Balaban J connectivity index is 1.76. The molecule has 0 aromatic heterocycles. The van der Waals surface area contributed by atoms with Crippen LogP contribution in [0.3, 0.4) is 0 Å². The maximum absolute atomic E-state index is 12.7. The molecule has 0 bridgehead atoms. The minimum atomic E-state index is -0.373. The van der Waals surface area contributed by atoms with Crippen LogP contribution in [0.2, 0.25) is 5.02 Å². The van der Waals surface area contributed by atoms with E-state index in [1.54, 1.807) is 24.3 Å². The first kappa shape index (κ1) is 14.8. The summed E-state index contributed by atoms with van der Waals surface area (Å²) in [6.45, 7) is 1.89. The first-order valence-corrected chi connectivity index (χ1v) is 7.87. The van der Waals surface area contributed by atoms with Crippen molar-refractivity contribution < 1.29 is 14.6 Å². The number of benzene rings is 1. The number of ether oxygens (including phenoxy) is 1. The van der Waals surface area contributed by atoms with Gasteiger partial charge in [-0.15, -0.1) is 0 Å². The number of rotatable bonds is 2. The highest BCUT2D eigenvalue weighted by molar-refractivity contribution is 6.30. The largest absolute Gasteiger partial charge is 0.393 e. The maximum Gasteiger partial charge on any atom is 0.254 e. The summed E-state index contributed by atoms with van der Waals surface area (Å²) in [6, 6.07) is 7.06. The third kappa shape index (κ3) is 3.07. The minimum Gasteiger partial charge on any atom is -0.393 e. The van der Waals surface area contributed by atoms with Gasteiger partial charge in [-0.25, -0.2) is 0 Å². The summed E-state index contributed by atoms with van der Waals surface area (Å²) in [5, 5.41) is 10.8. The van der Waals surface area contributed by atoms with Gasteiger partial charge in [0.2, 0.25) is 0 Å². The van der Waals surface area contributed by atoms with E-state index in [0.29, 0.717) is 30.2 Å². The smallest absolute Gasteiger partial charge is 0.254 e. The van der Waals surface area contributed by atoms with Crippen LogP contribution in [0.1, 0.15) is 29.6 Å². The van der Waals surface area contributed by atoms with Gasteiger partial charge >= 0.3 is 0 Å². The Kier molecular flexibility index (Phi) is 4.48.